The summed E-state index contributed by atoms with van der Waals surface area (Å²) in [6.07, 6.45) is 0. The van der Waals surface area contributed by atoms with Crippen molar-refractivity contribution in [1.29, 1.82) is 0 Å². The largest absolute Gasteiger partial charge is 0.304 e. The van der Waals surface area contributed by atoms with Crippen LogP contribution in [0.2, 0.25) is 0 Å². The minimum atomic E-state index is 0.904. The molecule has 3 N–H and O–H groups in total. The summed E-state index contributed by atoms with van der Waals surface area (Å²) in [5, 5.41) is 0. The van der Waals surface area contributed by atoms with Crippen LogP contribution in [0, 0.1) is 6.92 Å². The van der Waals surface area contributed by atoms with Crippen LogP contribution >= 0.6 is 0 Å². The Morgan fingerprint density at radius 2 is 2.08 bits per heavy atom. The predicted octanol–water partition coefficient (Wildman–Crippen LogP) is 1.40. The highest BCUT2D eigenvalue weighted by Crippen LogP contribution is 2.25. The Morgan fingerprint density at radius 3 is 2.83 bits per heavy atom. The number of aryl methyl sites for hydroxylation is 1. The van der Waals surface area contributed by atoms with Crippen LogP contribution in [-0.2, 0) is 0 Å². The predicted molar refractivity (Wildman–Crippen MR) is 50.1 cm³/mol. The molecule has 1 heterocycles. The van der Waals surface area contributed by atoms with Gasteiger partial charge in [-0.25, -0.2) is 0 Å². The Bertz CT molecular complexity index is 331. The lowest BCUT2D eigenvalue weighted by Crippen LogP contribution is -2.39. The molecule has 1 aliphatic rings. The van der Waals surface area contributed by atoms with Crippen molar-refractivity contribution in [2.24, 2.45) is 0 Å². The number of anilines is 1. The summed E-state index contributed by atoms with van der Waals surface area (Å²) >= 11 is 0. The molecule has 3 nitrogen and oxygen atoms in total. The summed E-state index contributed by atoms with van der Waals surface area (Å²) in [5.74, 6) is 0. The topological polar surface area (TPSA) is 36.1 Å². The molecular formula is C9H11N3. The summed E-state index contributed by atoms with van der Waals surface area (Å²) in [4.78, 5) is 0. The Morgan fingerprint density at radius 1 is 1.25 bits per heavy atom. The van der Waals surface area contributed by atoms with Crippen molar-refractivity contribution in [1.82, 2.24) is 11.0 Å². The fourth-order valence-corrected chi connectivity index (χ4v) is 1.41. The van der Waals surface area contributed by atoms with Gasteiger partial charge in [0.05, 0.1) is 11.4 Å². The van der Waals surface area contributed by atoms with E-state index in [0.717, 1.165) is 16.9 Å². The third-order valence-corrected chi connectivity index (χ3v) is 1.99. The van der Waals surface area contributed by atoms with Gasteiger partial charge >= 0.3 is 0 Å². The zero-order valence-electron chi connectivity index (χ0n) is 6.94. The molecular weight excluding hydrogens is 150 g/mol. The average Bonchev–Trinajstić information content (AvgIpc) is 2.04. The minimum absolute atomic E-state index is 0.904. The summed E-state index contributed by atoms with van der Waals surface area (Å²) in [6, 6.07) is 6.10. The van der Waals surface area contributed by atoms with E-state index in [1.54, 1.807) is 0 Å². The quantitative estimate of drug-likeness (QED) is 0.538. The number of benzene rings is 1. The van der Waals surface area contributed by atoms with Gasteiger partial charge in [0.2, 0.25) is 0 Å². The van der Waals surface area contributed by atoms with E-state index in [2.05, 4.69) is 36.0 Å². The van der Waals surface area contributed by atoms with Crippen LogP contribution in [-0.4, -0.2) is 0 Å². The highest BCUT2D eigenvalue weighted by molar-refractivity contribution is 5.77. The van der Waals surface area contributed by atoms with Gasteiger partial charge in [-0.2, -0.15) is 5.53 Å². The van der Waals surface area contributed by atoms with E-state index in [-0.39, 0.29) is 0 Å². The molecule has 0 fully saturated rings. The van der Waals surface area contributed by atoms with E-state index < -0.39 is 0 Å². The number of fused-ring (bicyclic) bond motifs is 1. The average molecular weight is 161 g/mol. The molecule has 3 heteroatoms. The highest BCUT2D eigenvalue weighted by Gasteiger charge is 2.11. The van der Waals surface area contributed by atoms with E-state index in [0.29, 0.717) is 0 Å². The van der Waals surface area contributed by atoms with Gasteiger partial charge in [-0.3, -0.25) is 0 Å². The molecule has 1 aliphatic heterocycles. The SMILES string of the molecule is C=C1NNNc2cccc(C)c21. The molecule has 62 valence electrons. The molecule has 0 aromatic heterocycles. The molecule has 0 bridgehead atoms. The van der Waals surface area contributed by atoms with Crippen molar-refractivity contribution in [3.8, 4) is 0 Å². The lowest BCUT2D eigenvalue weighted by Gasteiger charge is -2.23. The van der Waals surface area contributed by atoms with Gasteiger partial charge in [0, 0.05) is 5.56 Å². The van der Waals surface area contributed by atoms with Crippen molar-refractivity contribution in [3.63, 3.8) is 0 Å². The number of rotatable bonds is 0. The van der Waals surface area contributed by atoms with Crippen molar-refractivity contribution in [2.45, 2.75) is 6.92 Å². The van der Waals surface area contributed by atoms with Crippen LogP contribution < -0.4 is 16.4 Å². The second-order valence-electron chi connectivity index (χ2n) is 2.85. The van der Waals surface area contributed by atoms with Crippen LogP contribution in [0.4, 0.5) is 5.69 Å². The first-order chi connectivity index (χ1) is 5.79. The van der Waals surface area contributed by atoms with Gasteiger partial charge in [-0.05, 0) is 18.6 Å². The Kier molecular flexibility index (Phi) is 1.52. The highest BCUT2D eigenvalue weighted by atomic mass is 15.6. The maximum absolute atomic E-state index is 3.90. The normalized spacial score (nSPS) is 14.6. The van der Waals surface area contributed by atoms with Crippen LogP contribution in [0.5, 0.6) is 0 Å². The minimum Gasteiger partial charge on any atom is -0.304 e. The zero-order valence-corrected chi connectivity index (χ0v) is 6.94. The molecule has 0 amide bonds. The third kappa shape index (κ3) is 0.950. The van der Waals surface area contributed by atoms with Gasteiger partial charge in [0.25, 0.3) is 0 Å². The van der Waals surface area contributed by atoms with E-state index in [1.807, 2.05) is 12.1 Å². The van der Waals surface area contributed by atoms with Gasteiger partial charge < -0.3 is 10.9 Å². The summed E-state index contributed by atoms with van der Waals surface area (Å²) in [5.41, 5.74) is 13.1. The Balaban J connectivity index is 2.60. The number of hydrogen-bond acceptors (Lipinski definition) is 3. The summed E-state index contributed by atoms with van der Waals surface area (Å²) in [6.45, 7) is 5.97. The molecule has 0 spiro atoms. The lowest BCUT2D eigenvalue weighted by atomic mass is 10.0. The van der Waals surface area contributed by atoms with Gasteiger partial charge in [-0.15, -0.1) is 0 Å². The molecule has 0 unspecified atom stereocenters. The number of hydrazine groups is 2. The monoisotopic (exact) mass is 161 g/mol. The fourth-order valence-electron chi connectivity index (χ4n) is 1.41. The van der Waals surface area contributed by atoms with E-state index in [9.17, 15) is 0 Å². The molecule has 0 atom stereocenters. The Hall–Kier alpha value is -1.48. The molecule has 0 aliphatic carbocycles. The van der Waals surface area contributed by atoms with Gasteiger partial charge in [0.1, 0.15) is 0 Å². The van der Waals surface area contributed by atoms with Gasteiger partial charge in [-0.1, -0.05) is 18.7 Å². The second-order valence-corrected chi connectivity index (χ2v) is 2.85. The first kappa shape index (κ1) is 7.18. The van der Waals surface area contributed by atoms with Gasteiger partial charge in [0.15, 0.2) is 0 Å². The van der Waals surface area contributed by atoms with Crippen molar-refractivity contribution < 1.29 is 0 Å². The van der Waals surface area contributed by atoms with E-state index in [1.165, 1.54) is 5.56 Å². The van der Waals surface area contributed by atoms with Crippen molar-refractivity contribution in [2.75, 3.05) is 5.43 Å². The maximum Gasteiger partial charge on any atom is 0.0601 e. The third-order valence-electron chi connectivity index (χ3n) is 1.99. The maximum atomic E-state index is 3.90. The Labute approximate surface area is 71.4 Å². The van der Waals surface area contributed by atoms with Crippen LogP contribution in [0.15, 0.2) is 24.8 Å². The summed E-state index contributed by atoms with van der Waals surface area (Å²) < 4.78 is 0. The summed E-state index contributed by atoms with van der Waals surface area (Å²) in [7, 11) is 0. The fraction of sp³-hybridized carbons (Fsp3) is 0.111. The number of hydrogen-bond donors (Lipinski definition) is 3. The molecule has 2 rings (SSSR count). The molecule has 12 heavy (non-hydrogen) atoms. The molecule has 1 aromatic rings. The van der Waals surface area contributed by atoms with Crippen molar-refractivity contribution in [3.05, 3.63) is 35.9 Å². The molecule has 0 saturated heterocycles. The van der Waals surface area contributed by atoms with Crippen molar-refractivity contribution >= 4 is 11.4 Å². The first-order valence-electron chi connectivity index (χ1n) is 3.85. The molecule has 0 radical (unpaired) electrons. The van der Waals surface area contributed by atoms with E-state index >= 15 is 0 Å². The standard InChI is InChI=1S/C9H11N3/c1-6-4-3-5-8-9(6)7(2)10-12-11-8/h3-5,10-12H,2H2,1H3. The first-order valence-corrected chi connectivity index (χ1v) is 3.85. The molecule has 0 saturated carbocycles. The van der Waals surface area contributed by atoms with E-state index in [4.69, 9.17) is 0 Å². The van der Waals surface area contributed by atoms with Crippen LogP contribution in [0.25, 0.3) is 5.70 Å². The lowest BCUT2D eigenvalue weighted by molar-refractivity contribution is 0.718. The number of nitrogens with one attached hydrogen (secondary N) is 3. The second kappa shape index (κ2) is 2.53. The van der Waals surface area contributed by atoms with Crippen LogP contribution in [0.3, 0.4) is 0 Å². The molecule has 1 aromatic carbocycles. The van der Waals surface area contributed by atoms with Crippen LogP contribution in [0.1, 0.15) is 11.1 Å². The smallest absolute Gasteiger partial charge is 0.0601 e. The zero-order chi connectivity index (χ0) is 8.55.